The number of aromatic hydroxyl groups is 1. The Labute approximate surface area is 184 Å². The fourth-order valence-electron chi connectivity index (χ4n) is 5.19. The lowest BCUT2D eigenvalue weighted by molar-refractivity contribution is 0.0984. The van der Waals surface area contributed by atoms with E-state index in [1.165, 1.54) is 11.1 Å². The molecule has 4 aromatic rings. The lowest BCUT2D eigenvalue weighted by atomic mass is 9.95. The van der Waals surface area contributed by atoms with Crippen molar-refractivity contribution in [2.45, 2.75) is 18.8 Å². The van der Waals surface area contributed by atoms with Crippen molar-refractivity contribution in [1.82, 2.24) is 4.98 Å². The van der Waals surface area contributed by atoms with Gasteiger partial charge in [-0.05, 0) is 58.7 Å². The van der Waals surface area contributed by atoms with Gasteiger partial charge in [0.15, 0.2) is 0 Å². The van der Waals surface area contributed by atoms with Crippen LogP contribution >= 0.6 is 11.6 Å². The second-order valence-corrected chi connectivity index (χ2v) is 8.83. The molecule has 2 aliphatic rings. The molecular weight excluding hydrogens is 408 g/mol. The molecule has 2 heterocycles. The van der Waals surface area contributed by atoms with Crippen LogP contribution in [-0.2, 0) is 6.42 Å². The van der Waals surface area contributed by atoms with E-state index in [9.17, 15) is 9.90 Å². The van der Waals surface area contributed by atoms with Crippen molar-refractivity contribution in [1.29, 1.82) is 0 Å². The summed E-state index contributed by atoms with van der Waals surface area (Å²) in [5.74, 6) is 0.489. The number of aryl methyl sites for hydroxylation is 1. The molecule has 6 rings (SSSR count). The molecule has 3 aromatic carbocycles. The number of carbonyl (C=O) groups excluding carboxylic acids is 1. The standard InChI is InChI=1S/C26H21ClN2O2/c1-14-6-7-15-9-21-16(8-20(14)15)10-22(28-21)26(31)29-13-17(12-27)25-19-5-3-2-4-18(19)24(30)11-23(25)29/h2-5,8-11,17,28,30H,1,6-7,12-13H2/t17-/m1/s1. The fraction of sp³-hybridized carbons (Fsp3) is 0.192. The molecule has 1 atom stereocenters. The maximum atomic E-state index is 13.6. The van der Waals surface area contributed by atoms with Crippen LogP contribution < -0.4 is 4.90 Å². The molecule has 0 fully saturated rings. The number of fused-ring (bicyclic) bond motifs is 5. The molecule has 0 radical (unpaired) electrons. The van der Waals surface area contributed by atoms with Crippen LogP contribution in [0.1, 0.15) is 39.5 Å². The molecule has 4 nitrogen and oxygen atoms in total. The molecule has 1 aromatic heterocycles. The predicted molar refractivity (Wildman–Crippen MR) is 126 cm³/mol. The number of benzene rings is 3. The van der Waals surface area contributed by atoms with Crippen molar-refractivity contribution >= 4 is 50.4 Å². The number of nitrogens with one attached hydrogen (secondary N) is 1. The van der Waals surface area contributed by atoms with E-state index in [1.54, 1.807) is 11.0 Å². The van der Waals surface area contributed by atoms with E-state index in [0.29, 0.717) is 18.1 Å². The first kappa shape index (κ1) is 18.5. The lowest BCUT2D eigenvalue weighted by Crippen LogP contribution is -2.30. The van der Waals surface area contributed by atoms with Crippen LogP contribution in [0.4, 0.5) is 5.69 Å². The quantitative estimate of drug-likeness (QED) is 0.386. The van der Waals surface area contributed by atoms with Crippen LogP contribution in [-0.4, -0.2) is 28.4 Å². The van der Waals surface area contributed by atoms with Crippen molar-refractivity contribution in [2.24, 2.45) is 0 Å². The Bertz CT molecular complexity index is 1420. The fourth-order valence-corrected chi connectivity index (χ4v) is 5.44. The largest absolute Gasteiger partial charge is 0.507 e. The lowest BCUT2D eigenvalue weighted by Gasteiger charge is -2.17. The van der Waals surface area contributed by atoms with Crippen molar-refractivity contribution in [3.8, 4) is 5.75 Å². The van der Waals surface area contributed by atoms with E-state index in [1.807, 2.05) is 30.3 Å². The monoisotopic (exact) mass is 428 g/mol. The van der Waals surface area contributed by atoms with E-state index in [-0.39, 0.29) is 17.6 Å². The Morgan fingerprint density at radius 3 is 2.77 bits per heavy atom. The third kappa shape index (κ3) is 2.64. The number of aromatic amines is 1. The molecule has 0 saturated carbocycles. The van der Waals surface area contributed by atoms with Gasteiger partial charge in [-0.1, -0.05) is 30.8 Å². The van der Waals surface area contributed by atoms with Crippen LogP contribution in [0.2, 0.25) is 0 Å². The van der Waals surface area contributed by atoms with Gasteiger partial charge in [-0.3, -0.25) is 4.79 Å². The molecule has 2 N–H and O–H groups in total. The Morgan fingerprint density at radius 2 is 1.97 bits per heavy atom. The summed E-state index contributed by atoms with van der Waals surface area (Å²) in [5.41, 5.74) is 6.92. The van der Waals surface area contributed by atoms with Gasteiger partial charge >= 0.3 is 0 Å². The van der Waals surface area contributed by atoms with E-state index >= 15 is 0 Å². The highest BCUT2D eigenvalue weighted by molar-refractivity contribution is 6.19. The predicted octanol–water partition coefficient (Wildman–Crippen LogP) is 5.97. The van der Waals surface area contributed by atoms with Crippen LogP contribution in [0.15, 0.2) is 55.1 Å². The van der Waals surface area contributed by atoms with Crippen LogP contribution in [0.5, 0.6) is 5.75 Å². The number of halogens is 1. The van der Waals surface area contributed by atoms with Gasteiger partial charge in [0.25, 0.3) is 5.91 Å². The zero-order valence-corrected chi connectivity index (χ0v) is 17.7. The third-order valence-corrected chi connectivity index (χ3v) is 7.10. The summed E-state index contributed by atoms with van der Waals surface area (Å²) in [5, 5.41) is 13.4. The number of H-pyrrole nitrogens is 1. The van der Waals surface area contributed by atoms with Crippen molar-refractivity contribution in [3.63, 3.8) is 0 Å². The van der Waals surface area contributed by atoms with Gasteiger partial charge in [0.2, 0.25) is 0 Å². The second kappa shape index (κ2) is 6.63. The van der Waals surface area contributed by atoms with E-state index in [0.717, 1.165) is 51.3 Å². The zero-order chi connectivity index (χ0) is 21.3. The summed E-state index contributed by atoms with van der Waals surface area (Å²) >= 11 is 6.31. The number of hydrogen-bond donors (Lipinski definition) is 2. The third-order valence-electron chi connectivity index (χ3n) is 6.73. The number of aromatic nitrogens is 1. The minimum Gasteiger partial charge on any atom is -0.507 e. The first-order chi connectivity index (χ1) is 15.0. The summed E-state index contributed by atoms with van der Waals surface area (Å²) in [6, 6.07) is 15.6. The molecule has 154 valence electrons. The maximum Gasteiger partial charge on any atom is 0.274 e. The maximum absolute atomic E-state index is 13.6. The van der Waals surface area contributed by atoms with Gasteiger partial charge in [0.1, 0.15) is 11.4 Å². The number of alkyl halides is 1. The average Bonchev–Trinajstić information content (AvgIpc) is 3.47. The van der Waals surface area contributed by atoms with Crippen LogP contribution in [0.3, 0.4) is 0 Å². The van der Waals surface area contributed by atoms with E-state index < -0.39 is 0 Å². The molecule has 0 unspecified atom stereocenters. The summed E-state index contributed by atoms with van der Waals surface area (Å²) < 4.78 is 0. The van der Waals surface area contributed by atoms with Crippen LogP contribution in [0, 0.1) is 0 Å². The van der Waals surface area contributed by atoms with Gasteiger partial charge in [-0.15, -0.1) is 11.6 Å². The second-order valence-electron chi connectivity index (χ2n) is 8.52. The van der Waals surface area contributed by atoms with E-state index in [2.05, 4.69) is 23.7 Å². The summed E-state index contributed by atoms with van der Waals surface area (Å²) in [4.78, 5) is 18.6. The van der Waals surface area contributed by atoms with Crippen molar-refractivity contribution in [2.75, 3.05) is 17.3 Å². The average molecular weight is 429 g/mol. The number of amides is 1. The molecule has 31 heavy (non-hydrogen) atoms. The van der Waals surface area contributed by atoms with Crippen molar-refractivity contribution < 1.29 is 9.90 Å². The van der Waals surface area contributed by atoms with Gasteiger partial charge in [0, 0.05) is 40.7 Å². The highest BCUT2D eigenvalue weighted by Gasteiger charge is 2.35. The van der Waals surface area contributed by atoms with Gasteiger partial charge in [0.05, 0.1) is 5.69 Å². The number of phenols is 1. The molecule has 1 amide bonds. The Morgan fingerprint density at radius 1 is 1.16 bits per heavy atom. The minimum atomic E-state index is -0.112. The SMILES string of the molecule is C=C1CCc2cc3[nH]c(C(=O)N4C[C@@H](CCl)c5c4cc(O)c4ccccc54)cc3cc21. The van der Waals surface area contributed by atoms with Gasteiger partial charge < -0.3 is 15.0 Å². The topological polar surface area (TPSA) is 56.3 Å². The normalized spacial score (nSPS) is 17.5. The summed E-state index contributed by atoms with van der Waals surface area (Å²) in [6.45, 7) is 4.66. The molecule has 1 aliphatic carbocycles. The number of rotatable bonds is 2. The molecule has 5 heteroatoms. The number of anilines is 1. The Kier molecular flexibility index (Phi) is 3.96. The van der Waals surface area contributed by atoms with Crippen LogP contribution in [0.25, 0.3) is 27.2 Å². The molecular formula is C26H21ClN2O2. The molecule has 1 aliphatic heterocycles. The molecule has 0 spiro atoms. The highest BCUT2D eigenvalue weighted by Crippen LogP contribution is 2.45. The van der Waals surface area contributed by atoms with Gasteiger partial charge in [-0.2, -0.15) is 0 Å². The smallest absolute Gasteiger partial charge is 0.274 e. The minimum absolute atomic E-state index is 0.0163. The first-order valence-corrected chi connectivity index (χ1v) is 11.0. The molecule has 0 bridgehead atoms. The number of carbonyl (C=O) groups is 1. The number of nitrogens with zero attached hydrogens (tertiary/aromatic N) is 1. The number of hydrogen-bond acceptors (Lipinski definition) is 2. The highest BCUT2D eigenvalue weighted by atomic mass is 35.5. The first-order valence-electron chi connectivity index (χ1n) is 10.5. The van der Waals surface area contributed by atoms with Gasteiger partial charge in [-0.25, -0.2) is 0 Å². The summed E-state index contributed by atoms with van der Waals surface area (Å²) in [6.07, 6.45) is 1.99. The Hall–Kier alpha value is -3.24. The van der Waals surface area contributed by atoms with Crippen molar-refractivity contribution in [3.05, 3.63) is 77.5 Å². The van der Waals surface area contributed by atoms with E-state index in [4.69, 9.17) is 11.6 Å². The Balaban J connectivity index is 1.46. The zero-order valence-electron chi connectivity index (χ0n) is 16.9. The number of phenolic OH excluding ortho intramolecular Hbond substituents is 1. The summed E-state index contributed by atoms with van der Waals surface area (Å²) in [7, 11) is 0. The number of allylic oxidation sites excluding steroid dienone is 1. The molecule has 0 saturated heterocycles.